The van der Waals surface area contributed by atoms with Gasteiger partial charge in [-0.1, -0.05) is 0 Å². The van der Waals surface area contributed by atoms with Gasteiger partial charge < -0.3 is 4.74 Å². The van der Waals surface area contributed by atoms with Crippen molar-refractivity contribution in [3.8, 4) is 0 Å². The molecular formula is C9H16N4OS. The normalized spacial score (nSPS) is 20.8. The van der Waals surface area contributed by atoms with Gasteiger partial charge in [0, 0.05) is 30.9 Å². The molecular weight excluding hydrogens is 212 g/mol. The fraction of sp³-hybridized carbons (Fsp3) is 0.667. The summed E-state index contributed by atoms with van der Waals surface area (Å²) in [5.41, 5.74) is 0. The second-order valence-electron chi connectivity index (χ2n) is 2.71. The van der Waals surface area contributed by atoms with Crippen LogP contribution in [0.2, 0.25) is 0 Å². The molecule has 0 unspecified atom stereocenters. The summed E-state index contributed by atoms with van der Waals surface area (Å²) in [4.78, 5) is 11.5. The monoisotopic (exact) mass is 228 g/mol. The molecule has 3 heterocycles. The standard InChI is InChI=1S/C3H6N2.C3H5NO.C3H5NS/c3*1-2-5-3-4-1/h1,5H,2-3H2;2*1H,2-3H2. The number of nitrogens with one attached hydrogen (secondary N) is 1. The van der Waals surface area contributed by atoms with E-state index in [1.807, 2.05) is 24.2 Å². The van der Waals surface area contributed by atoms with Crippen LogP contribution in [0, 0.1) is 0 Å². The van der Waals surface area contributed by atoms with Crippen molar-refractivity contribution in [3.63, 3.8) is 0 Å². The Kier molecular flexibility index (Phi) is 8.09. The molecule has 0 aromatic carbocycles. The molecule has 0 aromatic rings. The fourth-order valence-corrected chi connectivity index (χ4v) is 1.38. The Hall–Kier alpha value is -0.720. The number of nitrogens with zero attached hydrogens (tertiary/aromatic N) is 3. The molecule has 0 aliphatic carbocycles. The van der Waals surface area contributed by atoms with Crippen LogP contribution in [-0.2, 0) is 4.74 Å². The second kappa shape index (κ2) is 9.82. The Balaban J connectivity index is 0.000000112. The van der Waals surface area contributed by atoms with Gasteiger partial charge in [-0.2, -0.15) is 0 Å². The molecule has 0 bridgehead atoms. The van der Waals surface area contributed by atoms with Gasteiger partial charge in [0.1, 0.15) is 6.73 Å². The van der Waals surface area contributed by atoms with Crippen molar-refractivity contribution >= 4 is 30.4 Å². The number of thioether (sulfide) groups is 1. The Bertz CT molecular complexity index is 174. The average molecular weight is 228 g/mol. The van der Waals surface area contributed by atoms with Crippen LogP contribution in [0.25, 0.3) is 0 Å². The van der Waals surface area contributed by atoms with Crippen molar-refractivity contribution in [2.75, 3.05) is 38.2 Å². The first kappa shape index (κ1) is 12.4. The van der Waals surface area contributed by atoms with Crippen molar-refractivity contribution in [2.45, 2.75) is 0 Å². The molecule has 0 spiro atoms. The largest absolute Gasteiger partial charge is 0.354 e. The summed E-state index contributed by atoms with van der Waals surface area (Å²) >= 11 is 1.85. The maximum absolute atomic E-state index is 4.72. The van der Waals surface area contributed by atoms with Crippen LogP contribution >= 0.6 is 11.8 Å². The van der Waals surface area contributed by atoms with E-state index in [-0.39, 0.29) is 0 Å². The van der Waals surface area contributed by atoms with Gasteiger partial charge in [-0.15, -0.1) is 11.8 Å². The first-order valence-corrected chi connectivity index (χ1v) is 5.96. The van der Waals surface area contributed by atoms with Crippen molar-refractivity contribution in [2.24, 2.45) is 15.0 Å². The highest BCUT2D eigenvalue weighted by molar-refractivity contribution is 8.00. The minimum Gasteiger partial charge on any atom is -0.354 e. The summed E-state index contributed by atoms with van der Waals surface area (Å²) in [5, 5.41) is 3.00. The zero-order chi connectivity index (χ0) is 10.6. The van der Waals surface area contributed by atoms with E-state index in [2.05, 4.69) is 20.3 Å². The van der Waals surface area contributed by atoms with Crippen LogP contribution in [0.3, 0.4) is 0 Å². The Morgan fingerprint density at radius 1 is 1.13 bits per heavy atom. The molecule has 6 heteroatoms. The fourth-order valence-electron chi connectivity index (χ4n) is 0.850. The van der Waals surface area contributed by atoms with Crippen LogP contribution in [0.15, 0.2) is 15.0 Å². The Labute approximate surface area is 94.1 Å². The van der Waals surface area contributed by atoms with E-state index >= 15 is 0 Å². The summed E-state index contributed by atoms with van der Waals surface area (Å²) in [6, 6.07) is 0. The van der Waals surface area contributed by atoms with Crippen molar-refractivity contribution in [1.29, 1.82) is 0 Å². The summed E-state index contributed by atoms with van der Waals surface area (Å²) in [5.74, 6) is 2.11. The van der Waals surface area contributed by atoms with Crippen molar-refractivity contribution in [1.82, 2.24) is 5.32 Å². The predicted molar refractivity (Wildman–Crippen MR) is 66.5 cm³/mol. The molecule has 0 aromatic heterocycles. The molecule has 0 saturated heterocycles. The van der Waals surface area contributed by atoms with E-state index in [1.54, 1.807) is 6.21 Å². The zero-order valence-corrected chi connectivity index (χ0v) is 9.45. The molecule has 3 rings (SSSR count). The maximum atomic E-state index is 4.72. The van der Waals surface area contributed by atoms with E-state index in [0.717, 1.165) is 24.8 Å². The molecule has 15 heavy (non-hydrogen) atoms. The molecule has 0 radical (unpaired) electrons. The summed E-state index contributed by atoms with van der Waals surface area (Å²) in [6.45, 7) is 3.06. The minimum absolute atomic E-state index is 0.569. The number of aliphatic imine (C=N–C) groups is 3. The van der Waals surface area contributed by atoms with Gasteiger partial charge >= 0.3 is 0 Å². The van der Waals surface area contributed by atoms with Crippen LogP contribution in [0.5, 0.6) is 0 Å². The average Bonchev–Trinajstić information content (AvgIpc) is 3.09. The van der Waals surface area contributed by atoms with E-state index in [1.165, 1.54) is 0 Å². The second-order valence-corrected chi connectivity index (χ2v) is 3.71. The van der Waals surface area contributed by atoms with E-state index in [0.29, 0.717) is 13.3 Å². The van der Waals surface area contributed by atoms with Crippen molar-refractivity contribution < 1.29 is 4.74 Å². The van der Waals surface area contributed by atoms with Gasteiger partial charge in [0.2, 0.25) is 0 Å². The third kappa shape index (κ3) is 8.29. The highest BCUT2D eigenvalue weighted by atomic mass is 32.2. The maximum Gasteiger partial charge on any atom is 0.137 e. The molecule has 84 valence electrons. The highest BCUT2D eigenvalue weighted by Crippen LogP contribution is 2.02. The Morgan fingerprint density at radius 2 is 2.13 bits per heavy atom. The van der Waals surface area contributed by atoms with Gasteiger partial charge in [0.05, 0.1) is 19.2 Å². The van der Waals surface area contributed by atoms with Gasteiger partial charge in [0.15, 0.2) is 0 Å². The molecule has 3 aliphatic heterocycles. The summed E-state index contributed by atoms with van der Waals surface area (Å²) in [6.07, 6.45) is 5.59. The van der Waals surface area contributed by atoms with Gasteiger partial charge in [-0.25, -0.2) is 0 Å². The lowest BCUT2D eigenvalue weighted by molar-refractivity contribution is 0.203. The molecule has 0 fully saturated rings. The van der Waals surface area contributed by atoms with Crippen LogP contribution < -0.4 is 5.32 Å². The topological polar surface area (TPSA) is 58.3 Å². The number of ether oxygens (including phenoxy) is 1. The van der Waals surface area contributed by atoms with Crippen LogP contribution in [0.4, 0.5) is 0 Å². The lowest BCUT2D eigenvalue weighted by Gasteiger charge is -1.75. The van der Waals surface area contributed by atoms with E-state index < -0.39 is 0 Å². The number of rotatable bonds is 0. The zero-order valence-electron chi connectivity index (χ0n) is 8.63. The first-order chi connectivity index (χ1) is 7.50. The third-order valence-electron chi connectivity index (χ3n) is 1.54. The molecule has 3 aliphatic rings. The minimum atomic E-state index is 0.569. The summed E-state index contributed by atoms with van der Waals surface area (Å²) in [7, 11) is 0. The smallest absolute Gasteiger partial charge is 0.137 e. The third-order valence-corrected chi connectivity index (χ3v) is 2.26. The predicted octanol–water partition coefficient (Wildman–Crippen LogP) is 0.424. The number of hydrogen-bond donors (Lipinski definition) is 1. The SMILES string of the molecule is C1=NCNC1.C1=NCOC1.C1=NCSC1. The molecule has 0 atom stereocenters. The molecule has 5 nitrogen and oxygen atoms in total. The quantitative estimate of drug-likeness (QED) is 0.654. The van der Waals surface area contributed by atoms with Crippen LogP contribution in [-0.4, -0.2) is 56.8 Å². The van der Waals surface area contributed by atoms with Gasteiger partial charge in [0.25, 0.3) is 0 Å². The van der Waals surface area contributed by atoms with E-state index in [4.69, 9.17) is 4.74 Å². The van der Waals surface area contributed by atoms with E-state index in [9.17, 15) is 0 Å². The van der Waals surface area contributed by atoms with Gasteiger partial charge in [-0.3, -0.25) is 20.3 Å². The first-order valence-electron chi connectivity index (χ1n) is 4.81. The highest BCUT2D eigenvalue weighted by Gasteiger charge is 1.86. The summed E-state index contributed by atoms with van der Waals surface area (Å²) < 4.78 is 4.72. The van der Waals surface area contributed by atoms with Crippen LogP contribution in [0.1, 0.15) is 0 Å². The lowest BCUT2D eigenvalue weighted by Crippen LogP contribution is -2.06. The number of hydrogen-bond acceptors (Lipinski definition) is 6. The lowest BCUT2D eigenvalue weighted by atomic mass is 10.8. The Morgan fingerprint density at radius 3 is 2.33 bits per heavy atom. The molecule has 1 N–H and O–H groups in total. The van der Waals surface area contributed by atoms with Crippen molar-refractivity contribution in [3.05, 3.63) is 0 Å². The molecule has 0 saturated carbocycles. The van der Waals surface area contributed by atoms with Gasteiger partial charge in [-0.05, 0) is 0 Å². The molecule has 0 amide bonds.